The molecule has 0 saturated carbocycles. The predicted octanol–water partition coefficient (Wildman–Crippen LogP) is 2.29. The molecule has 33 heavy (non-hydrogen) atoms. The molecular weight excluding hydrogens is 442 g/mol. The van der Waals surface area contributed by atoms with Crippen molar-refractivity contribution in [2.75, 3.05) is 62.8 Å². The van der Waals surface area contributed by atoms with Crippen LogP contribution in [-0.4, -0.2) is 71.2 Å². The van der Waals surface area contributed by atoms with E-state index in [1.165, 1.54) is 21.5 Å². The van der Waals surface area contributed by atoms with Crippen LogP contribution >= 0.6 is 0 Å². The largest absolute Gasteiger partial charge is 0.379 e. The van der Waals surface area contributed by atoms with Crippen LogP contribution in [0.4, 0.5) is 11.4 Å². The molecule has 0 aromatic heterocycles. The lowest BCUT2D eigenvalue weighted by molar-refractivity contribution is 0.0730. The van der Waals surface area contributed by atoms with E-state index in [2.05, 4.69) is 16.3 Å². The molecule has 2 aromatic carbocycles. The summed E-state index contributed by atoms with van der Waals surface area (Å²) in [5.41, 5.74) is 4.41. The molecule has 1 N–H and O–H groups in total. The van der Waals surface area contributed by atoms with Crippen molar-refractivity contribution in [3.63, 3.8) is 0 Å². The Balaban J connectivity index is 1.48. The van der Waals surface area contributed by atoms with Gasteiger partial charge in [-0.1, -0.05) is 6.07 Å². The highest BCUT2D eigenvalue weighted by molar-refractivity contribution is 7.89. The molecule has 3 aliphatic rings. The highest BCUT2D eigenvalue weighted by Crippen LogP contribution is 2.29. The third-order valence-corrected chi connectivity index (χ3v) is 8.42. The van der Waals surface area contributed by atoms with Gasteiger partial charge in [-0.05, 0) is 60.7 Å². The molecule has 0 spiro atoms. The van der Waals surface area contributed by atoms with Crippen molar-refractivity contribution in [1.29, 1.82) is 0 Å². The minimum atomic E-state index is -3.72. The van der Waals surface area contributed by atoms with Gasteiger partial charge in [0.05, 0.1) is 36.9 Å². The van der Waals surface area contributed by atoms with Gasteiger partial charge in [-0.25, -0.2) is 8.42 Å². The van der Waals surface area contributed by atoms with Crippen LogP contribution in [0.15, 0.2) is 41.3 Å². The van der Waals surface area contributed by atoms with Crippen LogP contribution in [0.2, 0.25) is 0 Å². The van der Waals surface area contributed by atoms with E-state index in [9.17, 15) is 13.2 Å². The minimum Gasteiger partial charge on any atom is -0.379 e. The van der Waals surface area contributed by atoms with E-state index in [0.717, 1.165) is 30.6 Å². The van der Waals surface area contributed by atoms with E-state index in [4.69, 9.17) is 9.47 Å². The summed E-state index contributed by atoms with van der Waals surface area (Å²) in [6.45, 7) is 3.80. The summed E-state index contributed by atoms with van der Waals surface area (Å²) >= 11 is 0. The Morgan fingerprint density at radius 1 is 0.848 bits per heavy atom. The van der Waals surface area contributed by atoms with Crippen LogP contribution in [0.3, 0.4) is 0 Å². The number of fused-ring (bicyclic) bond motifs is 1. The van der Waals surface area contributed by atoms with Crippen LogP contribution in [0.5, 0.6) is 0 Å². The zero-order valence-electron chi connectivity index (χ0n) is 18.6. The Morgan fingerprint density at radius 3 is 2.30 bits per heavy atom. The SMILES string of the molecule is O=C(Nc1ccc2c(c1)CCC2)c1cc(S(=O)(=O)N2CCOCC2)ccc1N1CCOCC1. The van der Waals surface area contributed by atoms with Gasteiger partial charge in [-0.2, -0.15) is 4.31 Å². The average molecular weight is 472 g/mol. The zero-order valence-corrected chi connectivity index (χ0v) is 19.4. The van der Waals surface area contributed by atoms with Crippen molar-refractivity contribution >= 4 is 27.3 Å². The quantitative estimate of drug-likeness (QED) is 0.720. The number of carbonyl (C=O) groups is 1. The molecular formula is C24H29N3O5S. The number of rotatable bonds is 5. The highest BCUT2D eigenvalue weighted by atomic mass is 32.2. The molecule has 2 heterocycles. The molecule has 9 heteroatoms. The fourth-order valence-corrected chi connectivity index (χ4v) is 6.16. The molecule has 2 aromatic rings. The number of nitrogens with zero attached hydrogens (tertiary/aromatic N) is 2. The summed E-state index contributed by atoms with van der Waals surface area (Å²) in [6.07, 6.45) is 3.23. The number of aryl methyl sites for hydroxylation is 2. The van der Waals surface area contributed by atoms with Crippen molar-refractivity contribution in [1.82, 2.24) is 4.31 Å². The third kappa shape index (κ3) is 4.63. The van der Waals surface area contributed by atoms with Crippen LogP contribution in [0.25, 0.3) is 0 Å². The van der Waals surface area contributed by atoms with Gasteiger partial charge in [0.25, 0.3) is 5.91 Å². The zero-order chi connectivity index (χ0) is 22.8. The summed E-state index contributed by atoms with van der Waals surface area (Å²) in [4.78, 5) is 15.6. The summed E-state index contributed by atoms with van der Waals surface area (Å²) in [6, 6.07) is 10.9. The van der Waals surface area contributed by atoms with Crippen molar-refractivity contribution in [3.8, 4) is 0 Å². The molecule has 0 unspecified atom stereocenters. The van der Waals surface area contributed by atoms with Crippen molar-refractivity contribution in [3.05, 3.63) is 53.1 Å². The first-order valence-electron chi connectivity index (χ1n) is 11.5. The third-order valence-electron chi connectivity index (χ3n) is 6.53. The maximum Gasteiger partial charge on any atom is 0.257 e. The molecule has 2 fully saturated rings. The van der Waals surface area contributed by atoms with Crippen LogP contribution in [0, 0.1) is 0 Å². The van der Waals surface area contributed by atoms with E-state index in [1.54, 1.807) is 12.1 Å². The summed E-state index contributed by atoms with van der Waals surface area (Å²) in [7, 11) is -3.72. The molecule has 0 atom stereocenters. The van der Waals surface area contributed by atoms with Crippen LogP contribution in [-0.2, 0) is 32.3 Å². The van der Waals surface area contributed by atoms with Gasteiger partial charge in [-0.3, -0.25) is 4.79 Å². The number of anilines is 2. The molecule has 1 aliphatic carbocycles. The summed E-state index contributed by atoms with van der Waals surface area (Å²) in [5, 5.41) is 3.00. The Bertz CT molecular complexity index is 1140. The summed E-state index contributed by atoms with van der Waals surface area (Å²) < 4.78 is 38.7. The first-order valence-corrected chi connectivity index (χ1v) is 12.9. The van der Waals surface area contributed by atoms with Crippen LogP contribution in [0.1, 0.15) is 27.9 Å². The fourth-order valence-electron chi connectivity index (χ4n) is 4.72. The van der Waals surface area contributed by atoms with Crippen molar-refractivity contribution in [2.45, 2.75) is 24.2 Å². The smallest absolute Gasteiger partial charge is 0.257 e. The second-order valence-electron chi connectivity index (χ2n) is 8.59. The molecule has 2 aliphatic heterocycles. The standard InChI is InChI=1S/C24H29N3O5S/c28-24(25-20-5-4-18-2-1-3-19(18)16-20)22-17-21(33(29,30)27-10-14-32-15-11-27)6-7-23(22)26-8-12-31-13-9-26/h4-7,16-17H,1-3,8-15H2,(H,25,28). The van der Waals surface area contributed by atoms with Gasteiger partial charge >= 0.3 is 0 Å². The monoisotopic (exact) mass is 471 g/mol. The Hall–Kier alpha value is -2.46. The number of hydrogen-bond donors (Lipinski definition) is 1. The van der Waals surface area contributed by atoms with E-state index >= 15 is 0 Å². The lowest BCUT2D eigenvalue weighted by Gasteiger charge is -2.31. The molecule has 8 nitrogen and oxygen atoms in total. The highest BCUT2D eigenvalue weighted by Gasteiger charge is 2.29. The Morgan fingerprint density at radius 2 is 1.55 bits per heavy atom. The maximum atomic E-state index is 13.4. The topological polar surface area (TPSA) is 88.2 Å². The van der Waals surface area contributed by atoms with Gasteiger partial charge in [0.1, 0.15) is 0 Å². The molecule has 5 rings (SSSR count). The second-order valence-corrected chi connectivity index (χ2v) is 10.5. The number of amides is 1. The summed E-state index contributed by atoms with van der Waals surface area (Å²) in [5.74, 6) is -0.312. The van der Waals surface area contributed by atoms with E-state index in [0.29, 0.717) is 58.2 Å². The van der Waals surface area contributed by atoms with Gasteiger partial charge in [0.15, 0.2) is 0 Å². The molecule has 0 radical (unpaired) electrons. The second kappa shape index (κ2) is 9.42. The first kappa shape index (κ1) is 22.3. The van der Waals surface area contributed by atoms with Crippen molar-refractivity contribution < 1.29 is 22.7 Å². The van der Waals surface area contributed by atoms with Gasteiger partial charge < -0.3 is 19.7 Å². The number of carbonyl (C=O) groups excluding carboxylic acids is 1. The lowest BCUT2D eigenvalue weighted by atomic mass is 10.1. The lowest BCUT2D eigenvalue weighted by Crippen LogP contribution is -2.41. The normalized spacial score (nSPS) is 19.3. The van der Waals surface area contributed by atoms with Crippen molar-refractivity contribution in [2.24, 2.45) is 0 Å². The molecule has 2 saturated heterocycles. The van der Waals surface area contributed by atoms with E-state index in [1.807, 2.05) is 12.1 Å². The number of sulfonamides is 1. The number of hydrogen-bond acceptors (Lipinski definition) is 6. The molecule has 0 bridgehead atoms. The Labute approximate surface area is 194 Å². The number of benzene rings is 2. The first-order chi connectivity index (χ1) is 16.0. The van der Waals surface area contributed by atoms with Gasteiger partial charge in [-0.15, -0.1) is 0 Å². The molecule has 176 valence electrons. The van der Waals surface area contributed by atoms with E-state index < -0.39 is 10.0 Å². The van der Waals surface area contributed by atoms with E-state index in [-0.39, 0.29) is 10.8 Å². The van der Waals surface area contributed by atoms with Gasteiger partial charge in [0, 0.05) is 37.6 Å². The fraction of sp³-hybridized carbons (Fsp3) is 0.458. The van der Waals surface area contributed by atoms with Gasteiger partial charge in [0.2, 0.25) is 10.0 Å². The maximum absolute atomic E-state index is 13.4. The average Bonchev–Trinajstić information content (AvgIpc) is 3.33. The Kier molecular flexibility index (Phi) is 6.38. The minimum absolute atomic E-state index is 0.125. The number of nitrogens with one attached hydrogen (secondary N) is 1. The molecule has 1 amide bonds. The number of ether oxygens (including phenoxy) is 2. The van der Waals surface area contributed by atoms with Crippen LogP contribution < -0.4 is 10.2 Å². The number of morpholine rings is 2. The predicted molar refractivity (Wildman–Crippen MR) is 125 cm³/mol.